The Bertz CT molecular complexity index is 224. The lowest BCUT2D eigenvalue weighted by Crippen LogP contribution is -2.25. The molecule has 3 nitrogen and oxygen atoms in total. The molecule has 0 saturated carbocycles. The number of hydrogen-bond donors (Lipinski definition) is 1. The maximum atomic E-state index is 11.6. The number of amides is 1. The van der Waals surface area contributed by atoms with Gasteiger partial charge in [-0.15, -0.1) is 11.3 Å². The van der Waals surface area contributed by atoms with Crippen LogP contribution in [-0.4, -0.2) is 24.1 Å². The van der Waals surface area contributed by atoms with Crippen LogP contribution in [0, 0.1) is 0 Å². The van der Waals surface area contributed by atoms with Crippen LogP contribution in [0.15, 0.2) is 11.6 Å². The van der Waals surface area contributed by atoms with E-state index in [0.717, 1.165) is 0 Å². The van der Waals surface area contributed by atoms with E-state index < -0.39 is 6.67 Å². The summed E-state index contributed by atoms with van der Waals surface area (Å²) in [6, 6.07) is 0. The number of nitrogens with one attached hydrogen (secondary N) is 1. The van der Waals surface area contributed by atoms with Gasteiger partial charge in [-0.25, -0.2) is 9.37 Å². The van der Waals surface area contributed by atoms with Gasteiger partial charge in [0.05, 0.1) is 0 Å². The third-order valence-corrected chi connectivity index (χ3v) is 1.78. The SMILES string of the molecule is O=C(NCCF)c1nccs1. The minimum Gasteiger partial charge on any atom is -0.347 e. The second-order valence-electron chi connectivity index (χ2n) is 1.78. The Morgan fingerprint density at radius 1 is 1.82 bits per heavy atom. The lowest BCUT2D eigenvalue weighted by Gasteiger charge is -1.96. The van der Waals surface area contributed by atoms with Gasteiger partial charge in [-0.2, -0.15) is 0 Å². The number of alkyl halides is 1. The summed E-state index contributed by atoms with van der Waals surface area (Å²) in [7, 11) is 0. The van der Waals surface area contributed by atoms with Crippen LogP contribution in [0.2, 0.25) is 0 Å². The highest BCUT2D eigenvalue weighted by atomic mass is 32.1. The Hall–Kier alpha value is -0.970. The normalized spacial score (nSPS) is 9.55. The Balaban J connectivity index is 2.43. The Morgan fingerprint density at radius 2 is 2.64 bits per heavy atom. The Kier molecular flexibility index (Phi) is 2.97. The molecular formula is C6H7FN2OS. The van der Waals surface area contributed by atoms with E-state index in [9.17, 15) is 9.18 Å². The third-order valence-electron chi connectivity index (χ3n) is 1.01. The zero-order chi connectivity index (χ0) is 8.10. The van der Waals surface area contributed by atoms with Gasteiger partial charge in [0.2, 0.25) is 0 Å². The fourth-order valence-electron chi connectivity index (χ4n) is 0.572. The highest BCUT2D eigenvalue weighted by Gasteiger charge is 2.05. The number of nitrogens with zero attached hydrogens (tertiary/aromatic N) is 1. The molecule has 1 aromatic heterocycles. The molecule has 0 aliphatic carbocycles. The van der Waals surface area contributed by atoms with Crippen LogP contribution in [0.4, 0.5) is 4.39 Å². The van der Waals surface area contributed by atoms with Crippen LogP contribution in [0.3, 0.4) is 0 Å². The third kappa shape index (κ3) is 2.27. The number of rotatable bonds is 3. The molecule has 1 aromatic rings. The predicted molar refractivity (Wildman–Crippen MR) is 40.4 cm³/mol. The van der Waals surface area contributed by atoms with Crippen molar-refractivity contribution in [1.29, 1.82) is 0 Å². The number of halogens is 1. The Labute approximate surface area is 67.3 Å². The quantitative estimate of drug-likeness (QED) is 0.737. The second kappa shape index (κ2) is 4.02. The number of carbonyl (C=O) groups is 1. The number of aromatic nitrogens is 1. The molecule has 0 aliphatic heterocycles. The highest BCUT2D eigenvalue weighted by Crippen LogP contribution is 2.02. The van der Waals surface area contributed by atoms with Crippen LogP contribution in [0.5, 0.6) is 0 Å². The largest absolute Gasteiger partial charge is 0.347 e. The van der Waals surface area contributed by atoms with Crippen LogP contribution in [-0.2, 0) is 0 Å². The summed E-state index contributed by atoms with van der Waals surface area (Å²) >= 11 is 1.24. The maximum absolute atomic E-state index is 11.6. The van der Waals surface area contributed by atoms with Crippen LogP contribution in [0.1, 0.15) is 9.80 Å². The number of thiazole rings is 1. The van der Waals surface area contributed by atoms with Crippen LogP contribution in [0.25, 0.3) is 0 Å². The molecule has 1 heterocycles. The smallest absolute Gasteiger partial charge is 0.280 e. The van der Waals surface area contributed by atoms with Crippen LogP contribution >= 0.6 is 11.3 Å². The van der Waals surface area contributed by atoms with E-state index in [2.05, 4.69) is 10.3 Å². The fourth-order valence-corrected chi connectivity index (χ4v) is 1.12. The molecule has 0 fully saturated rings. The average molecular weight is 174 g/mol. The van der Waals surface area contributed by atoms with E-state index in [1.165, 1.54) is 17.5 Å². The van der Waals surface area contributed by atoms with Crippen molar-refractivity contribution in [1.82, 2.24) is 10.3 Å². The molecule has 0 unspecified atom stereocenters. The zero-order valence-electron chi connectivity index (χ0n) is 5.71. The molecule has 1 N–H and O–H groups in total. The van der Waals surface area contributed by atoms with Crippen molar-refractivity contribution in [3.05, 3.63) is 16.6 Å². The number of hydrogen-bond acceptors (Lipinski definition) is 3. The first-order valence-corrected chi connectivity index (χ1v) is 3.96. The standard InChI is InChI=1S/C6H7FN2OS/c7-1-2-8-5(10)6-9-3-4-11-6/h3-4H,1-2H2,(H,8,10). The van der Waals surface area contributed by atoms with Gasteiger partial charge in [0.1, 0.15) is 6.67 Å². The molecular weight excluding hydrogens is 167 g/mol. The van der Waals surface area contributed by atoms with Crippen molar-refractivity contribution in [2.45, 2.75) is 0 Å². The van der Waals surface area contributed by atoms with Gasteiger partial charge < -0.3 is 5.32 Å². The monoisotopic (exact) mass is 174 g/mol. The van der Waals surface area contributed by atoms with Gasteiger partial charge in [-0.3, -0.25) is 4.79 Å². The minimum atomic E-state index is -0.545. The molecule has 0 spiro atoms. The first kappa shape index (κ1) is 8.13. The van der Waals surface area contributed by atoms with Crippen molar-refractivity contribution in [3.63, 3.8) is 0 Å². The van der Waals surface area contributed by atoms with Gasteiger partial charge in [0, 0.05) is 18.1 Å². The van der Waals surface area contributed by atoms with Crippen molar-refractivity contribution >= 4 is 17.2 Å². The molecule has 0 aromatic carbocycles. The molecule has 0 radical (unpaired) electrons. The summed E-state index contributed by atoms with van der Waals surface area (Å²) in [5.74, 6) is -0.308. The van der Waals surface area contributed by atoms with Gasteiger partial charge in [-0.1, -0.05) is 0 Å². The van der Waals surface area contributed by atoms with Gasteiger partial charge in [0.15, 0.2) is 5.01 Å². The fraction of sp³-hybridized carbons (Fsp3) is 0.333. The summed E-state index contributed by atoms with van der Waals surface area (Å²) in [6.45, 7) is -0.491. The molecule has 1 rings (SSSR count). The van der Waals surface area contributed by atoms with E-state index in [1.807, 2.05) is 0 Å². The van der Waals surface area contributed by atoms with Crippen molar-refractivity contribution in [2.24, 2.45) is 0 Å². The summed E-state index contributed by atoms with van der Waals surface area (Å²) < 4.78 is 11.6. The van der Waals surface area contributed by atoms with Crippen LogP contribution < -0.4 is 5.32 Å². The first-order chi connectivity index (χ1) is 5.34. The first-order valence-electron chi connectivity index (χ1n) is 3.08. The van der Waals surface area contributed by atoms with E-state index in [0.29, 0.717) is 5.01 Å². The molecule has 1 amide bonds. The molecule has 0 bridgehead atoms. The van der Waals surface area contributed by atoms with E-state index >= 15 is 0 Å². The van der Waals surface area contributed by atoms with Crippen molar-refractivity contribution < 1.29 is 9.18 Å². The predicted octanol–water partition coefficient (Wildman–Crippen LogP) is 0.842. The number of carbonyl (C=O) groups excluding carboxylic acids is 1. The van der Waals surface area contributed by atoms with E-state index in [4.69, 9.17) is 0 Å². The molecule has 0 saturated heterocycles. The summed E-state index contributed by atoms with van der Waals surface area (Å²) in [6.07, 6.45) is 1.54. The highest BCUT2D eigenvalue weighted by molar-refractivity contribution is 7.11. The Morgan fingerprint density at radius 3 is 3.18 bits per heavy atom. The zero-order valence-corrected chi connectivity index (χ0v) is 6.53. The molecule has 60 valence electrons. The lowest BCUT2D eigenvalue weighted by molar-refractivity contribution is 0.0950. The lowest BCUT2D eigenvalue weighted by atomic mass is 10.6. The van der Waals surface area contributed by atoms with E-state index in [1.54, 1.807) is 5.38 Å². The van der Waals surface area contributed by atoms with Crippen molar-refractivity contribution in [2.75, 3.05) is 13.2 Å². The summed E-state index contributed by atoms with van der Waals surface area (Å²) in [5, 5.41) is 4.44. The van der Waals surface area contributed by atoms with Crippen molar-refractivity contribution in [3.8, 4) is 0 Å². The topological polar surface area (TPSA) is 42.0 Å². The summed E-state index contributed by atoms with van der Waals surface area (Å²) in [5.41, 5.74) is 0. The second-order valence-corrected chi connectivity index (χ2v) is 2.68. The van der Waals surface area contributed by atoms with Gasteiger partial charge >= 0.3 is 0 Å². The van der Waals surface area contributed by atoms with Gasteiger partial charge in [0.25, 0.3) is 5.91 Å². The average Bonchev–Trinajstić information content (AvgIpc) is 2.52. The molecule has 0 atom stereocenters. The molecule has 0 aliphatic rings. The van der Waals surface area contributed by atoms with Gasteiger partial charge in [-0.05, 0) is 0 Å². The molecule has 5 heteroatoms. The molecule has 11 heavy (non-hydrogen) atoms. The minimum absolute atomic E-state index is 0.0540. The summed E-state index contributed by atoms with van der Waals surface area (Å²) in [4.78, 5) is 14.7. The van der Waals surface area contributed by atoms with E-state index in [-0.39, 0.29) is 12.5 Å². The maximum Gasteiger partial charge on any atom is 0.280 e.